The number of hydrogen-bond donors (Lipinski definition) is 4. The first-order valence-corrected chi connectivity index (χ1v) is 17.1. The molecule has 3 rings (SSSR count). The molecule has 236 valence electrons. The van der Waals surface area contributed by atoms with Crippen LogP contribution in [0.5, 0.6) is 0 Å². The number of H-pyrrole nitrogens is 1. The topological polar surface area (TPSA) is 188 Å². The number of nitrogens with zero attached hydrogens (tertiary/aromatic N) is 2. The van der Waals surface area contributed by atoms with Crippen molar-refractivity contribution in [3.63, 3.8) is 0 Å². The van der Waals surface area contributed by atoms with Crippen molar-refractivity contribution in [2.45, 2.75) is 44.2 Å². The van der Waals surface area contributed by atoms with E-state index in [1.54, 1.807) is 12.1 Å². The number of nitrogens with one attached hydrogen (secondary N) is 3. The van der Waals surface area contributed by atoms with Crippen molar-refractivity contribution in [3.05, 3.63) is 54.1 Å². The molecule has 0 saturated carbocycles. The molecule has 0 unspecified atom stereocenters. The Hall–Kier alpha value is -3.53. The molecule has 2 amide bonds. The molecule has 0 aliphatic carbocycles. The monoisotopic (exact) mass is 637 g/mol. The fourth-order valence-corrected chi connectivity index (χ4v) is 7.22. The van der Waals surface area contributed by atoms with E-state index in [2.05, 4.69) is 25.3 Å². The molecule has 3 atom stereocenters. The van der Waals surface area contributed by atoms with E-state index in [9.17, 15) is 31.5 Å². The van der Waals surface area contributed by atoms with Gasteiger partial charge in [-0.15, -0.1) is 0 Å². The molecule has 0 aliphatic heterocycles. The molecule has 0 saturated heterocycles. The maximum atomic E-state index is 13.9. The van der Waals surface area contributed by atoms with E-state index in [0.29, 0.717) is 5.52 Å². The summed E-state index contributed by atoms with van der Waals surface area (Å²) >= 11 is 0. The number of aliphatic hydroxyl groups is 1. The minimum absolute atomic E-state index is 0.0730. The molecule has 0 fully saturated rings. The Bertz CT molecular complexity index is 1620. The van der Waals surface area contributed by atoms with E-state index >= 15 is 0 Å². The van der Waals surface area contributed by atoms with Crippen LogP contribution in [0.4, 0.5) is 10.7 Å². The number of aromatic nitrogens is 2. The Morgan fingerprint density at radius 1 is 1.05 bits per heavy atom. The van der Waals surface area contributed by atoms with Gasteiger partial charge in [-0.05, 0) is 36.1 Å². The van der Waals surface area contributed by atoms with Gasteiger partial charge in [0.2, 0.25) is 21.9 Å². The molecule has 0 spiro atoms. The first-order chi connectivity index (χ1) is 20.1. The van der Waals surface area contributed by atoms with Gasteiger partial charge in [0.1, 0.15) is 9.84 Å². The van der Waals surface area contributed by atoms with E-state index in [4.69, 9.17) is 0 Å². The van der Waals surface area contributed by atoms with Gasteiger partial charge >= 0.3 is 6.09 Å². The van der Waals surface area contributed by atoms with Gasteiger partial charge < -0.3 is 20.1 Å². The van der Waals surface area contributed by atoms with Crippen molar-refractivity contribution in [2.24, 2.45) is 11.8 Å². The normalized spacial score (nSPS) is 14.4. The number of ether oxygens (including phenoxy) is 1. The number of amides is 2. The lowest BCUT2D eigenvalue weighted by Crippen LogP contribution is -2.52. The highest BCUT2D eigenvalue weighted by molar-refractivity contribution is 7.90. The van der Waals surface area contributed by atoms with Crippen molar-refractivity contribution in [2.75, 3.05) is 37.5 Å². The van der Waals surface area contributed by atoms with Gasteiger partial charge in [0.05, 0.1) is 40.9 Å². The van der Waals surface area contributed by atoms with Crippen molar-refractivity contribution in [1.82, 2.24) is 19.6 Å². The SMILES string of the molecule is COC(=O)Nc1nc2cc(S(=O)(=O)N(CC(C)C)C[C@@H](O)[C@H](Cc3ccccc3)NC(=O)[C@H](C)CS(C)(=O)=O)ccc2[nH]1. The first-order valence-electron chi connectivity index (χ1n) is 13.6. The third-order valence-corrected chi connectivity index (χ3v) is 9.48. The van der Waals surface area contributed by atoms with Gasteiger partial charge in [0, 0.05) is 25.3 Å². The average molecular weight is 638 g/mol. The second kappa shape index (κ2) is 14.3. The Kier molecular flexibility index (Phi) is 11.3. The summed E-state index contributed by atoms with van der Waals surface area (Å²) < 4.78 is 57.0. The molecule has 0 aliphatic rings. The maximum Gasteiger partial charge on any atom is 0.413 e. The lowest BCUT2D eigenvalue weighted by Gasteiger charge is -2.31. The summed E-state index contributed by atoms with van der Waals surface area (Å²) in [6.07, 6.45) is -0.859. The lowest BCUT2D eigenvalue weighted by molar-refractivity contribution is -0.125. The van der Waals surface area contributed by atoms with E-state index in [0.717, 1.165) is 16.1 Å². The average Bonchev–Trinajstić information content (AvgIpc) is 3.33. The first kappa shape index (κ1) is 34.0. The molecule has 3 aromatic rings. The van der Waals surface area contributed by atoms with Crippen molar-refractivity contribution >= 4 is 48.8 Å². The van der Waals surface area contributed by atoms with Gasteiger partial charge in [-0.3, -0.25) is 10.1 Å². The maximum absolute atomic E-state index is 13.9. The zero-order valence-corrected chi connectivity index (χ0v) is 26.4. The molecule has 15 heteroatoms. The zero-order chi connectivity index (χ0) is 31.9. The van der Waals surface area contributed by atoms with Crippen LogP contribution < -0.4 is 10.6 Å². The molecular formula is C28H39N5O8S2. The van der Waals surface area contributed by atoms with E-state index in [-0.39, 0.29) is 47.5 Å². The number of anilines is 1. The zero-order valence-electron chi connectivity index (χ0n) is 24.8. The second-order valence-corrected chi connectivity index (χ2v) is 15.1. The predicted octanol–water partition coefficient (Wildman–Crippen LogP) is 2.16. The smallest absolute Gasteiger partial charge is 0.413 e. The highest BCUT2D eigenvalue weighted by atomic mass is 32.2. The number of sulfone groups is 1. The second-order valence-electron chi connectivity index (χ2n) is 11.0. The van der Waals surface area contributed by atoms with E-state index in [1.165, 1.54) is 32.2 Å². The third kappa shape index (κ3) is 9.74. The standard InChI is InChI=1S/C28H39N5O8S2/c1-18(2)15-33(43(39,40)21-11-12-22-23(14-21)31-27(30-22)32-28(36)41-4)16-25(34)24(13-20-9-7-6-8-10-20)29-26(35)19(3)17-42(5,37)38/h6-12,14,18-19,24-25,34H,13,15-17H2,1-5H3,(H,29,35)(H2,30,31,32,36)/t19-,24+,25-/m1/s1. The minimum atomic E-state index is -4.16. The summed E-state index contributed by atoms with van der Waals surface area (Å²) in [7, 11) is -6.39. The van der Waals surface area contributed by atoms with Crippen molar-refractivity contribution in [3.8, 4) is 0 Å². The number of imidazole rings is 1. The molecule has 0 bridgehead atoms. The predicted molar refractivity (Wildman–Crippen MR) is 163 cm³/mol. The number of benzene rings is 2. The van der Waals surface area contributed by atoms with Gasteiger partial charge in [0.15, 0.2) is 0 Å². The van der Waals surface area contributed by atoms with Gasteiger partial charge in [-0.2, -0.15) is 4.31 Å². The van der Waals surface area contributed by atoms with Gasteiger partial charge in [-0.1, -0.05) is 51.1 Å². The largest absolute Gasteiger partial charge is 0.453 e. The van der Waals surface area contributed by atoms with Crippen LogP contribution in [0.3, 0.4) is 0 Å². The van der Waals surface area contributed by atoms with Crippen molar-refractivity contribution in [1.29, 1.82) is 0 Å². The number of methoxy groups -OCH3 is 1. The van der Waals surface area contributed by atoms with E-state index < -0.39 is 49.9 Å². The quantitative estimate of drug-likeness (QED) is 0.205. The number of aromatic amines is 1. The van der Waals surface area contributed by atoms with Crippen LogP contribution in [-0.2, 0) is 35.8 Å². The fraction of sp³-hybridized carbons (Fsp3) is 0.464. The van der Waals surface area contributed by atoms with Crippen LogP contribution in [0.1, 0.15) is 26.3 Å². The molecule has 13 nitrogen and oxygen atoms in total. The fourth-order valence-electron chi connectivity index (χ4n) is 4.52. The van der Waals surface area contributed by atoms with Crippen LogP contribution in [0.25, 0.3) is 11.0 Å². The van der Waals surface area contributed by atoms with Crippen LogP contribution in [0.15, 0.2) is 53.4 Å². The summed E-state index contributed by atoms with van der Waals surface area (Å²) in [6, 6.07) is 12.4. The highest BCUT2D eigenvalue weighted by Crippen LogP contribution is 2.24. The number of fused-ring (bicyclic) bond motifs is 1. The molecular weight excluding hydrogens is 598 g/mol. The molecule has 4 N–H and O–H groups in total. The van der Waals surface area contributed by atoms with E-state index in [1.807, 2.05) is 32.0 Å². The number of sulfonamides is 1. The molecule has 2 aromatic carbocycles. The van der Waals surface area contributed by atoms with Crippen molar-refractivity contribution < 1.29 is 36.3 Å². The minimum Gasteiger partial charge on any atom is -0.453 e. The number of carbonyl (C=O) groups excluding carboxylic acids is 2. The molecule has 0 radical (unpaired) electrons. The Morgan fingerprint density at radius 3 is 2.33 bits per heavy atom. The molecule has 43 heavy (non-hydrogen) atoms. The Morgan fingerprint density at radius 2 is 1.72 bits per heavy atom. The third-order valence-electron chi connectivity index (χ3n) is 6.55. The lowest BCUT2D eigenvalue weighted by atomic mass is 10.00. The van der Waals surface area contributed by atoms with Crippen LogP contribution in [0.2, 0.25) is 0 Å². The van der Waals surface area contributed by atoms with Crippen LogP contribution in [-0.4, -0.2) is 92.6 Å². The number of hydrogen-bond acceptors (Lipinski definition) is 9. The van der Waals surface area contributed by atoms with Crippen LogP contribution in [0, 0.1) is 11.8 Å². The number of carbonyl (C=O) groups is 2. The Balaban J connectivity index is 1.90. The summed E-state index contributed by atoms with van der Waals surface area (Å²) in [6.45, 7) is 4.89. The number of rotatable bonds is 14. The van der Waals surface area contributed by atoms with Gasteiger partial charge in [-0.25, -0.2) is 26.6 Å². The van der Waals surface area contributed by atoms with Crippen LogP contribution >= 0.6 is 0 Å². The summed E-state index contributed by atoms with van der Waals surface area (Å²) in [5.74, 6) is -1.84. The summed E-state index contributed by atoms with van der Waals surface area (Å²) in [5, 5.41) is 16.5. The van der Waals surface area contributed by atoms with Gasteiger partial charge in [0.25, 0.3) is 0 Å². The number of aliphatic hydroxyl groups excluding tert-OH is 1. The Labute approximate surface area is 252 Å². The highest BCUT2D eigenvalue weighted by Gasteiger charge is 2.32. The summed E-state index contributed by atoms with van der Waals surface area (Å²) in [5.41, 5.74) is 1.56. The summed E-state index contributed by atoms with van der Waals surface area (Å²) in [4.78, 5) is 31.5. The molecule has 1 aromatic heterocycles. The molecule has 1 heterocycles.